The lowest BCUT2D eigenvalue weighted by molar-refractivity contribution is 0.0476. The summed E-state index contributed by atoms with van der Waals surface area (Å²) in [5.74, 6) is -0.397. The number of carbonyl (C=O) groups is 2. The van der Waals surface area contributed by atoms with E-state index in [4.69, 9.17) is 9.47 Å². The first-order chi connectivity index (χ1) is 12.0. The van der Waals surface area contributed by atoms with Crippen molar-refractivity contribution in [3.8, 4) is 5.75 Å². The number of methoxy groups -OCH3 is 1. The first-order valence-electron chi connectivity index (χ1n) is 7.52. The predicted octanol–water partition coefficient (Wildman–Crippen LogP) is 4.61. The Morgan fingerprint density at radius 2 is 1.92 bits per heavy atom. The second kappa shape index (κ2) is 7.03. The van der Waals surface area contributed by atoms with Crippen LogP contribution in [0.25, 0.3) is 10.1 Å². The van der Waals surface area contributed by atoms with Crippen LogP contribution < -0.4 is 4.74 Å². The van der Waals surface area contributed by atoms with E-state index in [0.717, 1.165) is 4.70 Å². The number of ketones is 1. The highest BCUT2D eigenvalue weighted by Crippen LogP contribution is 2.28. The van der Waals surface area contributed by atoms with Crippen molar-refractivity contribution in [1.29, 1.82) is 0 Å². The molecule has 0 saturated carbocycles. The van der Waals surface area contributed by atoms with E-state index < -0.39 is 5.97 Å². The van der Waals surface area contributed by atoms with Crippen molar-refractivity contribution < 1.29 is 23.5 Å². The van der Waals surface area contributed by atoms with E-state index in [0.29, 0.717) is 27.1 Å². The minimum atomic E-state index is -0.503. The Bertz CT molecular complexity index is 961. The van der Waals surface area contributed by atoms with Gasteiger partial charge in [0.2, 0.25) is 0 Å². The van der Waals surface area contributed by atoms with Gasteiger partial charge in [0.05, 0.1) is 7.11 Å². The maximum Gasteiger partial charge on any atom is 0.348 e. The van der Waals surface area contributed by atoms with Crippen LogP contribution in [0.15, 0.2) is 42.5 Å². The number of hydrogen-bond acceptors (Lipinski definition) is 5. The summed E-state index contributed by atoms with van der Waals surface area (Å²) in [5, 5.41) is 0.660. The van der Waals surface area contributed by atoms with Crippen LogP contribution in [-0.2, 0) is 11.3 Å². The predicted molar refractivity (Wildman–Crippen MR) is 93.9 cm³/mol. The third-order valence-electron chi connectivity index (χ3n) is 3.73. The van der Waals surface area contributed by atoms with Crippen molar-refractivity contribution in [2.75, 3.05) is 7.11 Å². The smallest absolute Gasteiger partial charge is 0.348 e. The summed E-state index contributed by atoms with van der Waals surface area (Å²) in [6, 6.07) is 10.9. The number of hydrogen-bond donors (Lipinski definition) is 0. The monoisotopic (exact) mass is 358 g/mol. The van der Waals surface area contributed by atoms with Gasteiger partial charge < -0.3 is 9.47 Å². The average molecular weight is 358 g/mol. The number of thiophene rings is 1. The van der Waals surface area contributed by atoms with Crippen molar-refractivity contribution in [2.24, 2.45) is 0 Å². The molecule has 0 atom stereocenters. The fourth-order valence-corrected chi connectivity index (χ4v) is 3.38. The molecule has 0 radical (unpaired) electrons. The Morgan fingerprint density at radius 1 is 1.12 bits per heavy atom. The maximum absolute atomic E-state index is 13.2. The molecule has 6 heteroatoms. The topological polar surface area (TPSA) is 52.6 Å². The first-order valence-corrected chi connectivity index (χ1v) is 8.33. The average Bonchev–Trinajstić information content (AvgIpc) is 3.02. The van der Waals surface area contributed by atoms with Crippen LogP contribution in [0.3, 0.4) is 0 Å². The molecule has 0 spiro atoms. The largest absolute Gasteiger partial charge is 0.496 e. The molecule has 0 saturated heterocycles. The number of ether oxygens (including phenoxy) is 2. The SMILES string of the molecule is COc1ccc(C(C)=O)cc1COC(=O)c1cc2cc(F)ccc2s1. The van der Waals surface area contributed by atoms with Gasteiger partial charge in [-0.05, 0) is 54.8 Å². The number of Topliss-reactive ketones (excluding diaryl/α,β-unsaturated/α-hetero) is 1. The number of esters is 1. The summed E-state index contributed by atoms with van der Waals surface area (Å²) in [7, 11) is 1.51. The normalized spacial score (nSPS) is 10.7. The molecular formula is C19H15FO4S. The van der Waals surface area contributed by atoms with E-state index in [9.17, 15) is 14.0 Å². The van der Waals surface area contributed by atoms with E-state index in [1.807, 2.05) is 0 Å². The first kappa shape index (κ1) is 17.1. The Hall–Kier alpha value is -2.73. The second-order valence-electron chi connectivity index (χ2n) is 5.45. The van der Waals surface area contributed by atoms with Gasteiger partial charge in [0.25, 0.3) is 0 Å². The minimum Gasteiger partial charge on any atom is -0.496 e. The molecule has 0 N–H and O–H groups in total. The van der Waals surface area contributed by atoms with Crippen molar-refractivity contribution in [1.82, 2.24) is 0 Å². The molecule has 128 valence electrons. The molecule has 0 fully saturated rings. The van der Waals surface area contributed by atoms with Crippen molar-refractivity contribution in [3.05, 3.63) is 64.3 Å². The lowest BCUT2D eigenvalue weighted by Crippen LogP contribution is -2.05. The summed E-state index contributed by atoms with van der Waals surface area (Å²) < 4.78 is 24.6. The number of benzene rings is 2. The van der Waals surface area contributed by atoms with Gasteiger partial charge in [0, 0.05) is 15.8 Å². The lowest BCUT2D eigenvalue weighted by atomic mass is 10.1. The van der Waals surface area contributed by atoms with Crippen LogP contribution in [0.2, 0.25) is 0 Å². The zero-order valence-corrected chi connectivity index (χ0v) is 14.5. The molecule has 0 bridgehead atoms. The van der Waals surface area contributed by atoms with Crippen LogP contribution >= 0.6 is 11.3 Å². The molecule has 0 unspecified atom stereocenters. The van der Waals surface area contributed by atoms with Crippen molar-refractivity contribution >= 4 is 33.2 Å². The van der Waals surface area contributed by atoms with Crippen LogP contribution in [-0.4, -0.2) is 18.9 Å². The molecule has 1 heterocycles. The van der Waals surface area contributed by atoms with E-state index in [2.05, 4.69) is 0 Å². The standard InChI is InChI=1S/C19H15FO4S/c1-11(21)12-3-5-16(23-2)14(7-12)10-24-19(22)18-9-13-8-15(20)4-6-17(13)25-18/h3-9H,10H2,1-2H3. The van der Waals surface area contributed by atoms with E-state index in [-0.39, 0.29) is 18.2 Å². The zero-order valence-electron chi connectivity index (χ0n) is 13.7. The van der Waals surface area contributed by atoms with Crippen molar-refractivity contribution in [2.45, 2.75) is 13.5 Å². The molecule has 0 aliphatic heterocycles. The molecule has 0 amide bonds. The number of rotatable bonds is 5. The van der Waals surface area contributed by atoms with E-state index >= 15 is 0 Å². The molecule has 3 aromatic rings. The zero-order chi connectivity index (χ0) is 18.0. The second-order valence-corrected chi connectivity index (χ2v) is 6.54. The van der Waals surface area contributed by atoms with Gasteiger partial charge in [-0.2, -0.15) is 0 Å². The van der Waals surface area contributed by atoms with E-state index in [1.165, 1.54) is 37.5 Å². The molecule has 0 aliphatic rings. The fourth-order valence-electron chi connectivity index (χ4n) is 2.44. The lowest BCUT2D eigenvalue weighted by Gasteiger charge is -2.10. The van der Waals surface area contributed by atoms with Crippen LogP contribution in [0.5, 0.6) is 5.75 Å². The summed E-state index contributed by atoms with van der Waals surface area (Å²) in [4.78, 5) is 24.2. The summed E-state index contributed by atoms with van der Waals surface area (Å²) >= 11 is 1.24. The fraction of sp³-hybridized carbons (Fsp3) is 0.158. The quantitative estimate of drug-likeness (QED) is 0.494. The Kier molecular flexibility index (Phi) is 4.81. The van der Waals surface area contributed by atoms with Gasteiger partial charge in [0.1, 0.15) is 23.1 Å². The van der Waals surface area contributed by atoms with Gasteiger partial charge in [-0.15, -0.1) is 11.3 Å². The Balaban J connectivity index is 1.79. The highest BCUT2D eigenvalue weighted by atomic mass is 32.1. The molecule has 2 aromatic carbocycles. The summed E-state index contributed by atoms with van der Waals surface area (Å²) in [6.45, 7) is 1.44. The Labute approximate surface area is 147 Å². The van der Waals surface area contributed by atoms with Gasteiger partial charge >= 0.3 is 5.97 Å². The Morgan fingerprint density at radius 3 is 2.64 bits per heavy atom. The minimum absolute atomic E-state index is 0.0221. The third-order valence-corrected chi connectivity index (χ3v) is 4.82. The maximum atomic E-state index is 13.2. The number of carbonyl (C=O) groups excluding carboxylic acids is 2. The highest BCUT2D eigenvalue weighted by molar-refractivity contribution is 7.20. The van der Waals surface area contributed by atoms with Gasteiger partial charge in [-0.3, -0.25) is 4.79 Å². The molecule has 25 heavy (non-hydrogen) atoms. The van der Waals surface area contributed by atoms with Crippen LogP contribution in [0.1, 0.15) is 32.5 Å². The van der Waals surface area contributed by atoms with Gasteiger partial charge in [-0.25, -0.2) is 9.18 Å². The molecule has 3 rings (SSSR count). The van der Waals surface area contributed by atoms with Crippen LogP contribution in [0.4, 0.5) is 4.39 Å². The number of halogens is 1. The third kappa shape index (κ3) is 3.69. The molecule has 4 nitrogen and oxygen atoms in total. The molecule has 1 aromatic heterocycles. The van der Waals surface area contributed by atoms with Crippen LogP contribution in [0, 0.1) is 5.82 Å². The van der Waals surface area contributed by atoms with Gasteiger partial charge in [0.15, 0.2) is 5.78 Å². The number of fused-ring (bicyclic) bond motifs is 1. The van der Waals surface area contributed by atoms with Gasteiger partial charge in [-0.1, -0.05) is 0 Å². The summed E-state index contributed by atoms with van der Waals surface area (Å²) in [5.41, 5.74) is 1.12. The molecule has 0 aliphatic carbocycles. The highest BCUT2D eigenvalue weighted by Gasteiger charge is 2.14. The summed E-state index contributed by atoms with van der Waals surface area (Å²) in [6.07, 6.45) is 0. The van der Waals surface area contributed by atoms with Crippen molar-refractivity contribution in [3.63, 3.8) is 0 Å². The molecular weight excluding hydrogens is 343 g/mol. The van der Waals surface area contributed by atoms with E-state index in [1.54, 1.807) is 30.3 Å².